The van der Waals surface area contributed by atoms with Crippen LogP contribution in [0.2, 0.25) is 0 Å². The molecule has 1 aromatic carbocycles. The van der Waals surface area contributed by atoms with Crippen LogP contribution in [0.1, 0.15) is 26.3 Å². The number of benzene rings is 1. The highest BCUT2D eigenvalue weighted by Gasteiger charge is 2.15. The maximum Gasteiger partial charge on any atom is 0.168 e. The van der Waals surface area contributed by atoms with Crippen molar-refractivity contribution in [3.8, 4) is 11.5 Å². The Balaban J connectivity index is 2.97. The van der Waals surface area contributed by atoms with Crippen molar-refractivity contribution < 1.29 is 13.9 Å². The normalized spacial score (nSPS) is 11.4. The molecule has 0 bridgehead atoms. The van der Waals surface area contributed by atoms with Crippen molar-refractivity contribution in [1.82, 2.24) is 0 Å². The summed E-state index contributed by atoms with van der Waals surface area (Å²) in [6, 6.07) is 3.02. The van der Waals surface area contributed by atoms with Gasteiger partial charge in [0.15, 0.2) is 11.6 Å². The van der Waals surface area contributed by atoms with Gasteiger partial charge in [0, 0.05) is 6.07 Å². The van der Waals surface area contributed by atoms with E-state index in [1.54, 1.807) is 6.07 Å². The predicted octanol–water partition coefficient (Wildman–Crippen LogP) is 2.76. The third-order valence-electron chi connectivity index (χ3n) is 2.41. The molecule has 0 amide bonds. The lowest BCUT2D eigenvalue weighted by atomic mass is 9.98. The van der Waals surface area contributed by atoms with Crippen LogP contribution >= 0.6 is 0 Å². The summed E-state index contributed by atoms with van der Waals surface area (Å²) in [5.74, 6) is 0.359. The molecule has 1 rings (SSSR count). The molecule has 0 heterocycles. The zero-order valence-electron chi connectivity index (χ0n) is 11.5. The van der Waals surface area contributed by atoms with Crippen LogP contribution in [0, 0.1) is 11.2 Å². The van der Waals surface area contributed by atoms with Crippen LogP contribution in [-0.4, -0.2) is 20.3 Å². The van der Waals surface area contributed by atoms with Crippen molar-refractivity contribution in [3.05, 3.63) is 23.5 Å². The Kier molecular flexibility index (Phi) is 4.96. The van der Waals surface area contributed by atoms with E-state index >= 15 is 0 Å². The van der Waals surface area contributed by atoms with E-state index in [9.17, 15) is 4.39 Å². The Hall–Kier alpha value is -1.29. The number of hydrogen-bond donors (Lipinski definition) is 1. The number of methoxy groups -OCH3 is 1. The molecule has 2 N–H and O–H groups in total. The summed E-state index contributed by atoms with van der Waals surface area (Å²) in [5.41, 5.74) is 6.45. The number of nitrogens with two attached hydrogens (primary N) is 1. The van der Waals surface area contributed by atoms with Gasteiger partial charge in [-0.1, -0.05) is 20.8 Å². The molecule has 0 atom stereocenters. The molecule has 18 heavy (non-hydrogen) atoms. The molecule has 0 aromatic heterocycles. The van der Waals surface area contributed by atoms with Crippen LogP contribution in [-0.2, 0) is 6.42 Å². The van der Waals surface area contributed by atoms with E-state index in [-0.39, 0.29) is 11.2 Å². The van der Waals surface area contributed by atoms with Gasteiger partial charge in [-0.2, -0.15) is 0 Å². The zero-order valence-corrected chi connectivity index (χ0v) is 11.5. The standard InChI is InChI=1S/C14H22FNO2/c1-14(2,3)9-18-12-8-11(15)13(17-4)7-10(12)5-6-16/h7-8H,5-6,9,16H2,1-4H3. The fourth-order valence-corrected chi connectivity index (χ4v) is 1.51. The van der Waals surface area contributed by atoms with Crippen molar-refractivity contribution in [3.63, 3.8) is 0 Å². The Morgan fingerprint density at radius 3 is 2.39 bits per heavy atom. The molecule has 0 aliphatic heterocycles. The molecule has 0 saturated carbocycles. The van der Waals surface area contributed by atoms with Gasteiger partial charge in [-0.3, -0.25) is 0 Å². The highest BCUT2D eigenvalue weighted by Crippen LogP contribution is 2.29. The molecule has 0 spiro atoms. The van der Waals surface area contributed by atoms with Crippen molar-refractivity contribution in [2.45, 2.75) is 27.2 Å². The van der Waals surface area contributed by atoms with Crippen LogP contribution in [0.3, 0.4) is 0 Å². The van der Waals surface area contributed by atoms with Gasteiger partial charge in [0.05, 0.1) is 13.7 Å². The first-order valence-corrected chi connectivity index (χ1v) is 6.06. The zero-order chi connectivity index (χ0) is 13.8. The lowest BCUT2D eigenvalue weighted by molar-refractivity contribution is 0.195. The molecule has 1 aromatic rings. The molecule has 0 aliphatic carbocycles. The van der Waals surface area contributed by atoms with Gasteiger partial charge in [0.25, 0.3) is 0 Å². The third kappa shape index (κ3) is 4.18. The lowest BCUT2D eigenvalue weighted by Crippen LogP contribution is -2.18. The first kappa shape index (κ1) is 14.8. The second-order valence-electron chi connectivity index (χ2n) is 5.48. The largest absolute Gasteiger partial charge is 0.494 e. The molecular formula is C14H22FNO2. The summed E-state index contributed by atoms with van der Waals surface area (Å²) >= 11 is 0. The Bertz CT molecular complexity index is 400. The monoisotopic (exact) mass is 255 g/mol. The minimum atomic E-state index is -0.415. The highest BCUT2D eigenvalue weighted by molar-refractivity contribution is 5.41. The minimum Gasteiger partial charge on any atom is -0.494 e. The van der Waals surface area contributed by atoms with Crippen LogP contribution in [0.5, 0.6) is 11.5 Å². The number of rotatable bonds is 5. The van der Waals surface area contributed by atoms with E-state index in [2.05, 4.69) is 20.8 Å². The van der Waals surface area contributed by atoms with E-state index in [1.807, 2.05) is 0 Å². The molecule has 102 valence electrons. The van der Waals surface area contributed by atoms with Crippen molar-refractivity contribution in [1.29, 1.82) is 0 Å². The molecule has 0 unspecified atom stereocenters. The van der Waals surface area contributed by atoms with Gasteiger partial charge in [-0.25, -0.2) is 4.39 Å². The van der Waals surface area contributed by atoms with E-state index < -0.39 is 5.82 Å². The van der Waals surface area contributed by atoms with Crippen molar-refractivity contribution in [2.75, 3.05) is 20.3 Å². The fourth-order valence-electron chi connectivity index (χ4n) is 1.51. The van der Waals surface area contributed by atoms with Crippen molar-refractivity contribution in [2.24, 2.45) is 11.1 Å². The summed E-state index contributed by atoms with van der Waals surface area (Å²) in [7, 11) is 1.44. The van der Waals surface area contributed by atoms with Crippen molar-refractivity contribution >= 4 is 0 Å². The Labute approximate surface area is 108 Å². The second-order valence-corrected chi connectivity index (χ2v) is 5.48. The minimum absolute atomic E-state index is 0.0242. The van der Waals surface area contributed by atoms with Crippen LogP contribution < -0.4 is 15.2 Å². The quantitative estimate of drug-likeness (QED) is 0.880. The molecular weight excluding hydrogens is 233 g/mol. The van der Waals surface area contributed by atoms with Gasteiger partial charge in [-0.05, 0) is 30.0 Å². The van der Waals surface area contributed by atoms with Gasteiger partial charge in [0.2, 0.25) is 0 Å². The summed E-state index contributed by atoms with van der Waals surface area (Å²) in [4.78, 5) is 0. The smallest absolute Gasteiger partial charge is 0.168 e. The van der Waals surface area contributed by atoms with E-state index in [0.717, 1.165) is 5.56 Å². The highest BCUT2D eigenvalue weighted by atomic mass is 19.1. The van der Waals surface area contributed by atoms with E-state index in [4.69, 9.17) is 15.2 Å². The van der Waals surface area contributed by atoms with Crippen LogP contribution in [0.15, 0.2) is 12.1 Å². The SMILES string of the molecule is COc1cc(CCN)c(OCC(C)(C)C)cc1F. The van der Waals surface area contributed by atoms with E-state index in [0.29, 0.717) is 25.3 Å². The van der Waals surface area contributed by atoms with Gasteiger partial charge < -0.3 is 15.2 Å². The molecule has 4 heteroatoms. The fraction of sp³-hybridized carbons (Fsp3) is 0.571. The molecule has 0 aliphatic rings. The number of ether oxygens (including phenoxy) is 2. The average molecular weight is 255 g/mol. The summed E-state index contributed by atoms with van der Waals surface area (Å²) in [6.07, 6.45) is 0.635. The maximum absolute atomic E-state index is 13.7. The number of hydrogen-bond acceptors (Lipinski definition) is 3. The molecule has 0 saturated heterocycles. The Morgan fingerprint density at radius 1 is 1.22 bits per heavy atom. The number of halogens is 1. The topological polar surface area (TPSA) is 44.5 Å². The van der Waals surface area contributed by atoms with Crippen LogP contribution in [0.4, 0.5) is 4.39 Å². The summed E-state index contributed by atoms with van der Waals surface area (Å²) in [6.45, 7) is 7.21. The summed E-state index contributed by atoms with van der Waals surface area (Å²) < 4.78 is 24.3. The van der Waals surface area contributed by atoms with E-state index in [1.165, 1.54) is 13.2 Å². The first-order chi connectivity index (χ1) is 8.37. The first-order valence-electron chi connectivity index (χ1n) is 6.06. The second kappa shape index (κ2) is 6.05. The maximum atomic E-state index is 13.7. The van der Waals surface area contributed by atoms with Gasteiger partial charge >= 0.3 is 0 Å². The Morgan fingerprint density at radius 2 is 1.89 bits per heavy atom. The molecule has 3 nitrogen and oxygen atoms in total. The van der Waals surface area contributed by atoms with Crippen LogP contribution in [0.25, 0.3) is 0 Å². The molecule has 0 radical (unpaired) electrons. The predicted molar refractivity (Wildman–Crippen MR) is 70.7 cm³/mol. The van der Waals surface area contributed by atoms with Gasteiger partial charge in [0.1, 0.15) is 5.75 Å². The third-order valence-corrected chi connectivity index (χ3v) is 2.41. The lowest BCUT2D eigenvalue weighted by Gasteiger charge is -2.21. The average Bonchev–Trinajstić information content (AvgIpc) is 2.28. The molecule has 0 fully saturated rings. The summed E-state index contributed by atoms with van der Waals surface area (Å²) in [5, 5.41) is 0. The van der Waals surface area contributed by atoms with Gasteiger partial charge in [-0.15, -0.1) is 0 Å².